The summed E-state index contributed by atoms with van der Waals surface area (Å²) in [6.45, 7) is 1.83. The third-order valence-electron chi connectivity index (χ3n) is 2.57. The summed E-state index contributed by atoms with van der Waals surface area (Å²) in [5, 5.41) is 0.903. The number of nitrogens with zero attached hydrogens (tertiary/aromatic N) is 2. The summed E-state index contributed by atoms with van der Waals surface area (Å²) in [6, 6.07) is 5.65. The average molecular weight is 333 g/mol. The molecule has 1 aromatic rings. The van der Waals surface area contributed by atoms with Gasteiger partial charge in [0.15, 0.2) is 11.0 Å². The van der Waals surface area contributed by atoms with Crippen molar-refractivity contribution in [3.63, 3.8) is 0 Å². The molecule has 0 bridgehead atoms. The second-order valence-corrected chi connectivity index (χ2v) is 4.49. The molecule has 0 N–H and O–H groups in total. The Bertz CT molecular complexity index is 450. The number of carbonyl (C=O) groups excluding carboxylic acids is 1. The maximum Gasteiger partial charge on any atom is 0.182 e. The topological polar surface area (TPSA) is 32.7 Å². The lowest BCUT2D eigenvalue weighted by Crippen LogP contribution is -2.31. The lowest BCUT2D eigenvalue weighted by Gasteiger charge is -2.17. The van der Waals surface area contributed by atoms with Crippen LogP contribution >= 0.6 is 28.7 Å². The molecule has 18 heavy (non-hydrogen) atoms. The van der Waals surface area contributed by atoms with Gasteiger partial charge in [-0.3, -0.25) is 9.79 Å². The second-order valence-electron chi connectivity index (χ2n) is 3.72. The summed E-state index contributed by atoms with van der Waals surface area (Å²) < 4.78 is 12.7. The first kappa shape index (κ1) is 15.2. The minimum Gasteiger partial charge on any atom is -0.342 e. The Balaban J connectivity index is 0.00000162. The fraction of sp³-hybridized carbons (Fsp3) is 0.333. The molecule has 0 unspecified atom stereocenters. The number of hydrogen-bond acceptors (Lipinski definition) is 4. The summed E-state index contributed by atoms with van der Waals surface area (Å²) in [7, 11) is 0. The summed E-state index contributed by atoms with van der Waals surface area (Å²) in [6.07, 6.45) is 1.94. The number of carbonyl (C=O) groups is 1. The number of aliphatic imine (C=N–C) groups is 1. The van der Waals surface area contributed by atoms with Gasteiger partial charge in [0, 0.05) is 12.1 Å². The number of rotatable bonds is 3. The zero-order valence-electron chi connectivity index (χ0n) is 9.93. The van der Waals surface area contributed by atoms with Gasteiger partial charge >= 0.3 is 0 Å². The van der Waals surface area contributed by atoms with E-state index in [0.717, 1.165) is 18.3 Å². The van der Waals surface area contributed by atoms with Gasteiger partial charge in [-0.1, -0.05) is 11.8 Å². The molecule has 0 radical (unpaired) electrons. The molecule has 0 saturated carbocycles. The molecule has 0 aromatic heterocycles. The van der Waals surface area contributed by atoms with Gasteiger partial charge in [-0.15, -0.1) is 17.0 Å². The van der Waals surface area contributed by atoms with Crippen LogP contribution in [0.15, 0.2) is 29.3 Å². The molecule has 0 spiro atoms. The predicted octanol–water partition coefficient (Wildman–Crippen LogP) is 2.62. The van der Waals surface area contributed by atoms with E-state index in [1.54, 1.807) is 11.8 Å². The average Bonchev–Trinajstić information content (AvgIpc) is 2.77. The molecular formula is C12H14BrFN2OS. The molecular weight excluding hydrogens is 319 g/mol. The highest BCUT2D eigenvalue weighted by Crippen LogP contribution is 2.12. The fourth-order valence-electron chi connectivity index (χ4n) is 1.70. The SMILES string of the molecule is Br.CSC1=NCCN1CC(=O)c1ccc(F)cc1. The highest BCUT2D eigenvalue weighted by atomic mass is 79.9. The zero-order valence-corrected chi connectivity index (χ0v) is 12.5. The van der Waals surface area contributed by atoms with Gasteiger partial charge in [0.1, 0.15) is 5.82 Å². The van der Waals surface area contributed by atoms with Gasteiger partial charge in [0.05, 0.1) is 13.1 Å². The summed E-state index contributed by atoms with van der Waals surface area (Å²) >= 11 is 1.54. The smallest absolute Gasteiger partial charge is 0.182 e. The molecule has 3 nitrogen and oxygen atoms in total. The van der Waals surface area contributed by atoms with E-state index in [1.807, 2.05) is 11.2 Å². The van der Waals surface area contributed by atoms with Crippen molar-refractivity contribution in [3.05, 3.63) is 35.6 Å². The van der Waals surface area contributed by atoms with Crippen LogP contribution in [-0.2, 0) is 0 Å². The van der Waals surface area contributed by atoms with Crippen LogP contribution in [0.3, 0.4) is 0 Å². The van der Waals surface area contributed by atoms with E-state index in [1.165, 1.54) is 24.3 Å². The van der Waals surface area contributed by atoms with E-state index >= 15 is 0 Å². The first-order valence-electron chi connectivity index (χ1n) is 5.33. The fourth-order valence-corrected chi connectivity index (χ4v) is 2.34. The van der Waals surface area contributed by atoms with Gasteiger partial charge in [-0.05, 0) is 30.5 Å². The number of hydrogen-bond donors (Lipinski definition) is 0. The molecule has 0 atom stereocenters. The van der Waals surface area contributed by atoms with Crippen LogP contribution in [-0.4, -0.2) is 41.7 Å². The van der Waals surface area contributed by atoms with E-state index in [0.29, 0.717) is 12.1 Å². The van der Waals surface area contributed by atoms with Crippen molar-refractivity contribution in [2.24, 2.45) is 4.99 Å². The van der Waals surface area contributed by atoms with Gasteiger partial charge in [0.2, 0.25) is 0 Å². The molecule has 1 aliphatic rings. The Labute approximate surface area is 120 Å². The monoisotopic (exact) mass is 332 g/mol. The number of ketones is 1. The summed E-state index contributed by atoms with van der Waals surface area (Å²) in [5.41, 5.74) is 0.541. The summed E-state index contributed by atoms with van der Waals surface area (Å²) in [5.74, 6) is -0.331. The number of Topliss-reactive ketones (excluding diaryl/α,β-unsaturated/α-hetero) is 1. The first-order chi connectivity index (χ1) is 8.20. The maximum absolute atomic E-state index is 12.7. The van der Waals surface area contributed by atoms with E-state index in [2.05, 4.69) is 4.99 Å². The quantitative estimate of drug-likeness (QED) is 0.797. The Morgan fingerprint density at radius 2 is 2.11 bits per heavy atom. The summed E-state index contributed by atoms with van der Waals surface area (Å²) in [4.78, 5) is 18.2. The zero-order chi connectivity index (χ0) is 12.3. The van der Waals surface area contributed by atoms with E-state index in [4.69, 9.17) is 0 Å². The van der Waals surface area contributed by atoms with Crippen LogP contribution in [0, 0.1) is 5.82 Å². The van der Waals surface area contributed by atoms with Gasteiger partial charge in [-0.2, -0.15) is 0 Å². The van der Waals surface area contributed by atoms with E-state index < -0.39 is 0 Å². The molecule has 98 valence electrons. The minimum atomic E-state index is -0.325. The molecule has 0 saturated heterocycles. The van der Waals surface area contributed by atoms with Crippen LogP contribution in [0.5, 0.6) is 0 Å². The van der Waals surface area contributed by atoms with Crippen molar-refractivity contribution in [1.29, 1.82) is 0 Å². The third-order valence-corrected chi connectivity index (χ3v) is 3.32. The normalized spacial score (nSPS) is 14.1. The maximum atomic E-state index is 12.7. The molecule has 1 heterocycles. The van der Waals surface area contributed by atoms with Gasteiger partial charge in [-0.25, -0.2) is 4.39 Å². The lowest BCUT2D eigenvalue weighted by atomic mass is 10.1. The van der Waals surface area contributed by atoms with Crippen molar-refractivity contribution < 1.29 is 9.18 Å². The van der Waals surface area contributed by atoms with Crippen LogP contribution in [0.25, 0.3) is 0 Å². The number of benzene rings is 1. The van der Waals surface area contributed by atoms with Crippen LogP contribution in [0.2, 0.25) is 0 Å². The van der Waals surface area contributed by atoms with Crippen molar-refractivity contribution in [2.45, 2.75) is 0 Å². The van der Waals surface area contributed by atoms with Crippen molar-refractivity contribution in [1.82, 2.24) is 4.90 Å². The third kappa shape index (κ3) is 3.55. The standard InChI is InChI=1S/C12H13FN2OS.BrH/c1-17-12-14-6-7-15(12)8-11(16)9-2-4-10(13)5-3-9;/h2-5H,6-8H2,1H3;1H. The highest BCUT2D eigenvalue weighted by molar-refractivity contribution is 8.93. The van der Waals surface area contributed by atoms with Crippen LogP contribution < -0.4 is 0 Å². The minimum absolute atomic E-state index is 0. The molecule has 0 amide bonds. The van der Waals surface area contributed by atoms with E-state index in [-0.39, 0.29) is 28.6 Å². The molecule has 1 aliphatic heterocycles. The van der Waals surface area contributed by atoms with Crippen molar-refractivity contribution in [3.8, 4) is 0 Å². The van der Waals surface area contributed by atoms with Gasteiger partial charge in [0.25, 0.3) is 0 Å². The molecule has 6 heteroatoms. The second kappa shape index (κ2) is 6.89. The van der Waals surface area contributed by atoms with Crippen molar-refractivity contribution >= 4 is 39.7 Å². The van der Waals surface area contributed by atoms with Crippen molar-refractivity contribution in [2.75, 3.05) is 25.9 Å². The molecule has 0 fully saturated rings. The first-order valence-corrected chi connectivity index (χ1v) is 6.55. The van der Waals surface area contributed by atoms with Gasteiger partial charge < -0.3 is 4.90 Å². The van der Waals surface area contributed by atoms with Crippen LogP contribution in [0.4, 0.5) is 4.39 Å². The molecule has 0 aliphatic carbocycles. The predicted molar refractivity (Wildman–Crippen MR) is 78.4 cm³/mol. The van der Waals surface area contributed by atoms with Crippen LogP contribution in [0.1, 0.15) is 10.4 Å². The van der Waals surface area contributed by atoms with E-state index in [9.17, 15) is 9.18 Å². The lowest BCUT2D eigenvalue weighted by molar-refractivity contribution is 0.0967. The highest BCUT2D eigenvalue weighted by Gasteiger charge is 2.19. The Kier molecular flexibility index (Phi) is 5.81. The number of halogens is 2. The molecule has 2 rings (SSSR count). The Morgan fingerprint density at radius 3 is 2.72 bits per heavy atom. The number of amidine groups is 1. The number of thioether (sulfide) groups is 1. The Morgan fingerprint density at radius 1 is 1.44 bits per heavy atom. The largest absolute Gasteiger partial charge is 0.342 e. The molecule has 1 aromatic carbocycles. The Hall–Kier alpha value is -0.880.